The molecule has 32 heavy (non-hydrogen) atoms. The molecule has 9 nitrogen and oxygen atoms in total. The van der Waals surface area contributed by atoms with Gasteiger partial charge in [-0.25, -0.2) is 4.98 Å². The second-order valence-corrected chi connectivity index (χ2v) is 9.36. The van der Waals surface area contributed by atoms with Gasteiger partial charge in [0, 0.05) is 30.4 Å². The summed E-state index contributed by atoms with van der Waals surface area (Å²) in [4.78, 5) is 21.1. The van der Waals surface area contributed by atoms with Crippen LogP contribution in [0.3, 0.4) is 0 Å². The molecule has 0 aromatic carbocycles. The molecule has 0 aliphatic carbocycles. The van der Waals surface area contributed by atoms with Crippen LogP contribution in [0.25, 0.3) is 11.3 Å². The van der Waals surface area contributed by atoms with E-state index in [2.05, 4.69) is 9.97 Å². The molecule has 1 atom stereocenters. The zero-order valence-corrected chi connectivity index (χ0v) is 18.7. The van der Waals surface area contributed by atoms with E-state index in [-0.39, 0.29) is 17.9 Å². The van der Waals surface area contributed by atoms with Gasteiger partial charge in [0.2, 0.25) is 0 Å². The van der Waals surface area contributed by atoms with Crippen LogP contribution in [0.2, 0.25) is 5.02 Å². The largest absolute Gasteiger partial charge is 0.487 e. The van der Waals surface area contributed by atoms with Crippen molar-refractivity contribution in [2.24, 2.45) is 0 Å². The molecule has 11 heteroatoms. The molecule has 0 saturated carbocycles. The number of aryl methyl sites for hydroxylation is 1. The van der Waals surface area contributed by atoms with Crippen molar-refractivity contribution in [2.75, 3.05) is 0 Å². The fraction of sp³-hybridized carbons (Fsp3) is 0.190. The minimum Gasteiger partial charge on any atom is -0.487 e. The van der Waals surface area contributed by atoms with Gasteiger partial charge in [0.1, 0.15) is 23.3 Å². The predicted molar refractivity (Wildman–Crippen MR) is 119 cm³/mol. The van der Waals surface area contributed by atoms with Crippen molar-refractivity contribution in [2.45, 2.75) is 25.7 Å². The average molecular weight is 475 g/mol. The normalized spacial score (nSPS) is 12.8. The standard InChI is InChI=1S/C21H19ClN4O5S/c1-13-21(14(2)32(28,29)30)24-19-6-5-17(11-26(13)19)25-8-7-18(9-20(25)27)31-12-16-4-3-15(22)10-23-16/h3-11,14H,12H2,1-2H3,(H,28,29,30). The minimum absolute atomic E-state index is 0.190. The topological polar surface area (TPSA) is 116 Å². The second kappa shape index (κ2) is 8.38. The zero-order valence-electron chi connectivity index (χ0n) is 17.1. The summed E-state index contributed by atoms with van der Waals surface area (Å²) in [6.07, 6.45) is 4.79. The van der Waals surface area contributed by atoms with Gasteiger partial charge in [0.15, 0.2) is 0 Å². The fourth-order valence-electron chi connectivity index (χ4n) is 3.25. The Labute approximate surface area is 188 Å². The third kappa shape index (κ3) is 4.38. The number of imidazole rings is 1. The molecule has 4 aromatic rings. The lowest BCUT2D eigenvalue weighted by Crippen LogP contribution is -2.17. The maximum absolute atomic E-state index is 12.7. The lowest BCUT2D eigenvalue weighted by molar-refractivity contribution is 0.300. The number of aromatic nitrogens is 4. The van der Waals surface area contributed by atoms with Crippen LogP contribution in [0.4, 0.5) is 0 Å². The molecule has 4 heterocycles. The number of hydrogen-bond acceptors (Lipinski definition) is 6. The third-order valence-corrected chi connectivity index (χ3v) is 6.40. The van der Waals surface area contributed by atoms with E-state index in [1.54, 1.807) is 54.0 Å². The molecule has 0 bridgehead atoms. The molecular formula is C21H19ClN4O5S. The summed E-state index contributed by atoms with van der Waals surface area (Å²) >= 11 is 5.82. The van der Waals surface area contributed by atoms with Crippen LogP contribution in [-0.4, -0.2) is 31.9 Å². The second-order valence-electron chi connectivity index (χ2n) is 7.18. The molecule has 0 radical (unpaired) electrons. The van der Waals surface area contributed by atoms with Crippen LogP contribution in [-0.2, 0) is 16.7 Å². The van der Waals surface area contributed by atoms with E-state index in [1.807, 2.05) is 0 Å². The van der Waals surface area contributed by atoms with Crippen molar-refractivity contribution in [3.8, 4) is 11.4 Å². The van der Waals surface area contributed by atoms with E-state index < -0.39 is 15.4 Å². The van der Waals surface area contributed by atoms with Crippen LogP contribution in [0.1, 0.15) is 29.3 Å². The van der Waals surface area contributed by atoms with Gasteiger partial charge in [-0.2, -0.15) is 8.42 Å². The lowest BCUT2D eigenvalue weighted by atomic mass is 10.3. The van der Waals surface area contributed by atoms with Gasteiger partial charge in [-0.15, -0.1) is 0 Å². The molecule has 0 aliphatic rings. The van der Waals surface area contributed by atoms with Crippen molar-refractivity contribution < 1.29 is 17.7 Å². The number of nitrogens with zero attached hydrogens (tertiary/aromatic N) is 4. The highest BCUT2D eigenvalue weighted by molar-refractivity contribution is 7.86. The molecule has 0 saturated heterocycles. The first-order chi connectivity index (χ1) is 15.1. The van der Waals surface area contributed by atoms with Crippen LogP contribution >= 0.6 is 11.6 Å². The highest BCUT2D eigenvalue weighted by atomic mass is 35.5. The summed E-state index contributed by atoms with van der Waals surface area (Å²) in [6.45, 7) is 3.26. The van der Waals surface area contributed by atoms with Gasteiger partial charge < -0.3 is 9.14 Å². The van der Waals surface area contributed by atoms with Gasteiger partial charge in [-0.05, 0) is 44.2 Å². The van der Waals surface area contributed by atoms with E-state index in [1.165, 1.54) is 23.8 Å². The Morgan fingerprint density at radius 2 is 2.00 bits per heavy atom. The van der Waals surface area contributed by atoms with E-state index in [0.717, 1.165) is 0 Å². The summed E-state index contributed by atoms with van der Waals surface area (Å²) in [5.41, 5.74) is 2.22. The number of hydrogen-bond donors (Lipinski definition) is 1. The molecule has 1 N–H and O–H groups in total. The Balaban J connectivity index is 1.61. The van der Waals surface area contributed by atoms with Crippen molar-refractivity contribution in [1.29, 1.82) is 0 Å². The number of halogens is 1. The monoisotopic (exact) mass is 474 g/mol. The summed E-state index contributed by atoms with van der Waals surface area (Å²) in [7, 11) is -4.28. The quantitative estimate of drug-likeness (QED) is 0.426. The average Bonchev–Trinajstić information content (AvgIpc) is 3.08. The molecule has 166 valence electrons. The van der Waals surface area contributed by atoms with Crippen LogP contribution < -0.4 is 10.3 Å². The van der Waals surface area contributed by atoms with Gasteiger partial charge in [0.05, 0.1) is 22.1 Å². The van der Waals surface area contributed by atoms with Crippen molar-refractivity contribution in [3.05, 3.63) is 87.4 Å². The van der Waals surface area contributed by atoms with Gasteiger partial charge in [-0.1, -0.05) is 11.6 Å². The van der Waals surface area contributed by atoms with Crippen LogP contribution in [0.15, 0.2) is 59.8 Å². The summed E-state index contributed by atoms with van der Waals surface area (Å²) in [5.74, 6) is 0.396. The maximum Gasteiger partial charge on any atom is 0.273 e. The Kier molecular flexibility index (Phi) is 5.76. The van der Waals surface area contributed by atoms with E-state index >= 15 is 0 Å². The Morgan fingerprint density at radius 1 is 1.22 bits per heavy atom. The van der Waals surface area contributed by atoms with Gasteiger partial charge >= 0.3 is 0 Å². The molecule has 0 amide bonds. The Bertz CT molecular complexity index is 1460. The first kappa shape index (κ1) is 22.0. The number of ether oxygens (including phenoxy) is 1. The Hall–Kier alpha value is -3.21. The van der Waals surface area contributed by atoms with Crippen molar-refractivity contribution in [1.82, 2.24) is 18.9 Å². The first-order valence-electron chi connectivity index (χ1n) is 9.55. The van der Waals surface area contributed by atoms with E-state index in [4.69, 9.17) is 16.3 Å². The molecule has 0 aliphatic heterocycles. The number of rotatable bonds is 6. The molecule has 4 rings (SSSR count). The van der Waals surface area contributed by atoms with E-state index in [9.17, 15) is 17.8 Å². The summed E-state index contributed by atoms with van der Waals surface area (Å²) in [5, 5.41) is -0.638. The highest BCUT2D eigenvalue weighted by Crippen LogP contribution is 2.25. The molecular weight excluding hydrogens is 456 g/mol. The minimum atomic E-state index is -4.28. The van der Waals surface area contributed by atoms with Crippen LogP contribution in [0, 0.1) is 6.92 Å². The van der Waals surface area contributed by atoms with Gasteiger partial charge in [0.25, 0.3) is 15.7 Å². The van der Waals surface area contributed by atoms with Gasteiger partial charge in [-0.3, -0.25) is 18.9 Å². The number of pyridine rings is 3. The molecule has 1 unspecified atom stereocenters. The first-order valence-corrected chi connectivity index (χ1v) is 11.4. The predicted octanol–water partition coefficient (Wildman–Crippen LogP) is 3.37. The van der Waals surface area contributed by atoms with Crippen molar-refractivity contribution >= 4 is 27.4 Å². The molecule has 0 fully saturated rings. The summed E-state index contributed by atoms with van der Waals surface area (Å²) in [6, 6.07) is 9.85. The fourth-order valence-corrected chi connectivity index (χ4v) is 3.87. The highest BCUT2D eigenvalue weighted by Gasteiger charge is 2.25. The summed E-state index contributed by atoms with van der Waals surface area (Å²) < 4.78 is 41.2. The van der Waals surface area contributed by atoms with Crippen LogP contribution in [0.5, 0.6) is 5.75 Å². The molecule has 4 aromatic heterocycles. The zero-order chi connectivity index (χ0) is 23.0. The van der Waals surface area contributed by atoms with E-state index in [0.29, 0.717) is 33.5 Å². The van der Waals surface area contributed by atoms with Crippen molar-refractivity contribution in [3.63, 3.8) is 0 Å². The third-order valence-electron chi connectivity index (χ3n) is 5.05. The Morgan fingerprint density at radius 3 is 2.66 bits per heavy atom. The molecule has 0 spiro atoms. The smallest absolute Gasteiger partial charge is 0.273 e. The lowest BCUT2D eigenvalue weighted by Gasteiger charge is -2.10. The SMILES string of the molecule is Cc1c(C(C)S(=O)(=O)O)nc2ccc(-n3ccc(OCc4ccc(Cl)cn4)cc3=O)cn12. The maximum atomic E-state index is 12.7. The number of fused-ring (bicyclic) bond motifs is 1.